The van der Waals surface area contributed by atoms with Crippen LogP contribution in [0, 0.1) is 10.1 Å². The van der Waals surface area contributed by atoms with E-state index in [1.54, 1.807) is 0 Å². The Kier molecular flexibility index (Phi) is 3.45. The molecule has 9 heteroatoms. The third-order valence-electron chi connectivity index (χ3n) is 2.09. The van der Waals surface area contributed by atoms with Gasteiger partial charge >= 0.3 is 12.1 Å². The highest BCUT2D eigenvalue weighted by atomic mass is 19.4. The molecule has 1 rings (SSSR count). The lowest BCUT2D eigenvalue weighted by atomic mass is 10.0. The Morgan fingerprint density at radius 2 is 1.78 bits per heavy atom. The topological polar surface area (TPSA) is 52.4 Å². The van der Waals surface area contributed by atoms with Crippen LogP contribution in [0.2, 0.25) is 0 Å². The molecule has 0 aliphatic rings. The standard InChI is InChI=1S/C9H6F5NO3/c1-18-6-4-2-3-5(15(16)17)7(6)8(10,11)9(12,13)14/h2-4H,1H3. The van der Waals surface area contributed by atoms with E-state index in [0.717, 1.165) is 19.2 Å². The maximum atomic E-state index is 13.2. The molecule has 0 amide bonds. The first-order valence-electron chi connectivity index (χ1n) is 4.39. The molecule has 0 N–H and O–H groups in total. The van der Waals surface area contributed by atoms with Crippen molar-refractivity contribution >= 4 is 5.69 Å². The number of ether oxygens (including phenoxy) is 1. The molecular formula is C9H6F5NO3. The van der Waals surface area contributed by atoms with Crippen molar-refractivity contribution in [3.63, 3.8) is 0 Å². The summed E-state index contributed by atoms with van der Waals surface area (Å²) in [6, 6.07) is 2.30. The summed E-state index contributed by atoms with van der Waals surface area (Å²) in [5.74, 6) is -6.27. The molecule has 0 heterocycles. The zero-order valence-electron chi connectivity index (χ0n) is 8.79. The predicted molar refractivity (Wildman–Crippen MR) is 49.6 cm³/mol. The van der Waals surface area contributed by atoms with E-state index in [1.807, 2.05) is 0 Å². The first kappa shape index (κ1) is 14.1. The smallest absolute Gasteiger partial charge is 0.458 e. The second kappa shape index (κ2) is 4.39. The molecule has 0 aliphatic carbocycles. The summed E-state index contributed by atoms with van der Waals surface area (Å²) in [7, 11) is 0.842. The lowest BCUT2D eigenvalue weighted by Crippen LogP contribution is -2.34. The minimum atomic E-state index is -5.95. The number of benzene rings is 1. The maximum Gasteiger partial charge on any atom is 0.458 e. The van der Waals surface area contributed by atoms with Crippen LogP contribution in [0.15, 0.2) is 18.2 Å². The van der Waals surface area contributed by atoms with E-state index < -0.39 is 34.0 Å². The van der Waals surface area contributed by atoms with Crippen molar-refractivity contribution in [2.45, 2.75) is 12.1 Å². The van der Waals surface area contributed by atoms with E-state index in [2.05, 4.69) is 4.74 Å². The van der Waals surface area contributed by atoms with Gasteiger partial charge in [-0.2, -0.15) is 22.0 Å². The summed E-state index contributed by atoms with van der Waals surface area (Å²) in [4.78, 5) is 9.19. The van der Waals surface area contributed by atoms with Crippen molar-refractivity contribution in [2.75, 3.05) is 7.11 Å². The zero-order chi connectivity index (χ0) is 14.1. The number of hydrogen-bond donors (Lipinski definition) is 0. The lowest BCUT2D eigenvalue weighted by Gasteiger charge is -2.21. The summed E-state index contributed by atoms with van der Waals surface area (Å²) in [6.07, 6.45) is -5.95. The SMILES string of the molecule is COc1cccc([N+](=O)[O-])c1C(F)(F)C(F)(F)F. The van der Waals surface area contributed by atoms with Crippen LogP contribution in [0.25, 0.3) is 0 Å². The van der Waals surface area contributed by atoms with Gasteiger partial charge in [0.05, 0.1) is 12.0 Å². The highest BCUT2D eigenvalue weighted by Gasteiger charge is 2.62. The van der Waals surface area contributed by atoms with Gasteiger partial charge in [-0.05, 0) is 6.07 Å². The second-order valence-corrected chi connectivity index (χ2v) is 3.18. The van der Waals surface area contributed by atoms with E-state index in [-0.39, 0.29) is 0 Å². The Morgan fingerprint density at radius 3 is 2.17 bits per heavy atom. The molecule has 100 valence electrons. The molecule has 18 heavy (non-hydrogen) atoms. The molecule has 0 radical (unpaired) electrons. The van der Waals surface area contributed by atoms with Crippen LogP contribution in [0.5, 0.6) is 5.75 Å². The molecule has 0 unspecified atom stereocenters. The van der Waals surface area contributed by atoms with Crippen molar-refractivity contribution in [1.29, 1.82) is 0 Å². The molecular weight excluding hydrogens is 265 g/mol. The van der Waals surface area contributed by atoms with Crippen molar-refractivity contribution in [2.24, 2.45) is 0 Å². The van der Waals surface area contributed by atoms with Crippen molar-refractivity contribution in [1.82, 2.24) is 0 Å². The number of hydrogen-bond acceptors (Lipinski definition) is 3. The molecule has 4 nitrogen and oxygen atoms in total. The molecule has 0 spiro atoms. The normalized spacial score (nSPS) is 12.3. The van der Waals surface area contributed by atoms with Gasteiger partial charge in [-0.1, -0.05) is 6.07 Å². The lowest BCUT2D eigenvalue weighted by molar-refractivity contribution is -0.390. The van der Waals surface area contributed by atoms with Crippen LogP contribution in [0.3, 0.4) is 0 Å². The van der Waals surface area contributed by atoms with Gasteiger partial charge in [0.15, 0.2) is 0 Å². The van der Waals surface area contributed by atoms with Gasteiger partial charge in [0.25, 0.3) is 5.69 Å². The largest absolute Gasteiger partial charge is 0.496 e. The van der Waals surface area contributed by atoms with Gasteiger partial charge in [0, 0.05) is 6.07 Å². The average molecular weight is 271 g/mol. The second-order valence-electron chi connectivity index (χ2n) is 3.18. The van der Waals surface area contributed by atoms with Gasteiger partial charge in [0.1, 0.15) is 11.3 Å². The van der Waals surface area contributed by atoms with Crippen LogP contribution in [0.4, 0.5) is 27.6 Å². The molecule has 1 aromatic rings. The van der Waals surface area contributed by atoms with Crippen LogP contribution in [-0.4, -0.2) is 18.2 Å². The van der Waals surface area contributed by atoms with Gasteiger partial charge in [-0.25, -0.2) is 0 Å². The summed E-state index contributed by atoms with van der Waals surface area (Å²) in [6.45, 7) is 0. The molecule has 0 fully saturated rings. The molecule has 1 aromatic carbocycles. The van der Waals surface area contributed by atoms with Crippen molar-refractivity contribution in [3.8, 4) is 5.75 Å². The first-order valence-corrected chi connectivity index (χ1v) is 4.39. The molecule has 0 aromatic heterocycles. The number of rotatable bonds is 3. The fourth-order valence-corrected chi connectivity index (χ4v) is 1.30. The molecule has 0 saturated carbocycles. The van der Waals surface area contributed by atoms with Gasteiger partial charge in [-0.3, -0.25) is 10.1 Å². The molecule has 0 atom stereocenters. The third kappa shape index (κ3) is 2.20. The third-order valence-corrected chi connectivity index (χ3v) is 2.09. The van der Waals surface area contributed by atoms with Crippen LogP contribution in [-0.2, 0) is 5.92 Å². The Hall–Kier alpha value is -1.93. The monoisotopic (exact) mass is 271 g/mol. The number of nitro groups is 1. The number of nitrogens with zero attached hydrogens (tertiary/aromatic N) is 1. The number of halogens is 5. The van der Waals surface area contributed by atoms with E-state index in [0.29, 0.717) is 6.07 Å². The van der Waals surface area contributed by atoms with Crippen LogP contribution < -0.4 is 4.74 Å². The molecule has 0 aliphatic heterocycles. The summed E-state index contributed by atoms with van der Waals surface area (Å²) in [5, 5.41) is 10.5. The Bertz CT molecular complexity index is 472. The number of alkyl halides is 5. The molecule has 0 bridgehead atoms. The summed E-state index contributed by atoms with van der Waals surface area (Å²) < 4.78 is 67.5. The van der Waals surface area contributed by atoms with Crippen molar-refractivity contribution < 1.29 is 31.6 Å². The van der Waals surface area contributed by atoms with Gasteiger partial charge in [-0.15, -0.1) is 0 Å². The fraction of sp³-hybridized carbons (Fsp3) is 0.333. The Morgan fingerprint density at radius 1 is 1.22 bits per heavy atom. The highest BCUT2D eigenvalue weighted by Crippen LogP contribution is 2.50. The van der Waals surface area contributed by atoms with Gasteiger partial charge in [0.2, 0.25) is 0 Å². The highest BCUT2D eigenvalue weighted by molar-refractivity contribution is 5.52. The average Bonchev–Trinajstić information content (AvgIpc) is 2.26. The zero-order valence-corrected chi connectivity index (χ0v) is 8.79. The minimum Gasteiger partial charge on any atom is -0.496 e. The van der Waals surface area contributed by atoms with E-state index in [1.165, 1.54) is 0 Å². The van der Waals surface area contributed by atoms with E-state index >= 15 is 0 Å². The van der Waals surface area contributed by atoms with Crippen molar-refractivity contribution in [3.05, 3.63) is 33.9 Å². The summed E-state index contributed by atoms with van der Waals surface area (Å²) in [5.41, 5.74) is -3.15. The maximum absolute atomic E-state index is 13.2. The quantitative estimate of drug-likeness (QED) is 0.481. The Labute approximate surface area is 97.1 Å². The molecule has 0 saturated heterocycles. The minimum absolute atomic E-state index is 0.553. The van der Waals surface area contributed by atoms with Crippen LogP contribution in [0.1, 0.15) is 5.56 Å². The fourth-order valence-electron chi connectivity index (χ4n) is 1.30. The number of nitro benzene ring substituents is 1. The van der Waals surface area contributed by atoms with E-state index in [4.69, 9.17) is 0 Å². The van der Waals surface area contributed by atoms with Crippen LogP contribution >= 0.6 is 0 Å². The summed E-state index contributed by atoms with van der Waals surface area (Å²) >= 11 is 0. The Balaban J connectivity index is 3.60. The predicted octanol–water partition coefficient (Wildman–Crippen LogP) is 3.26. The van der Waals surface area contributed by atoms with E-state index in [9.17, 15) is 32.1 Å². The van der Waals surface area contributed by atoms with Gasteiger partial charge < -0.3 is 4.74 Å². The first-order chi connectivity index (χ1) is 8.13. The number of methoxy groups -OCH3 is 1.